The average molecular weight is 575 g/mol. The first-order valence-electron chi connectivity index (χ1n) is 10.6. The van der Waals surface area contributed by atoms with Crippen LogP contribution >= 0.6 is 23.4 Å². The highest BCUT2D eigenvalue weighted by molar-refractivity contribution is 8.15. The number of carbonyl (C=O) groups is 2. The van der Waals surface area contributed by atoms with E-state index >= 15 is 0 Å². The second-order valence-electron chi connectivity index (χ2n) is 7.71. The third-order valence-electron chi connectivity index (χ3n) is 5.13. The zero-order chi connectivity index (χ0) is 28.4. The lowest BCUT2D eigenvalue weighted by Crippen LogP contribution is -2.41. The first-order valence-corrected chi connectivity index (χ1v) is 11.9. The van der Waals surface area contributed by atoms with Crippen LogP contribution in [0, 0.1) is 5.82 Å². The minimum atomic E-state index is -5.00. The largest absolute Gasteiger partial charge is 0.461 e. The maximum absolute atomic E-state index is 14.8. The Morgan fingerprint density at radius 3 is 2.50 bits per heavy atom. The lowest BCUT2D eigenvalue weighted by atomic mass is 10.2. The molecule has 0 saturated carbocycles. The van der Waals surface area contributed by atoms with Crippen molar-refractivity contribution in [1.82, 2.24) is 14.0 Å². The molecule has 1 aliphatic rings. The predicted octanol–water partition coefficient (Wildman–Crippen LogP) is 3.58. The summed E-state index contributed by atoms with van der Waals surface area (Å²) in [4.78, 5) is 55.4. The summed E-state index contributed by atoms with van der Waals surface area (Å²) in [5.74, 6) is -2.33. The normalized spacial score (nSPS) is 16.7. The number of aliphatic imine (C=N–C) groups is 1. The van der Waals surface area contributed by atoms with E-state index in [0.29, 0.717) is 0 Å². The van der Waals surface area contributed by atoms with Gasteiger partial charge in [0.25, 0.3) is 5.56 Å². The Bertz CT molecular complexity index is 1470. The Hall–Kier alpha value is -3.65. The van der Waals surface area contributed by atoms with Crippen molar-refractivity contribution in [1.29, 1.82) is 0 Å². The number of thioether (sulfide) groups is 1. The van der Waals surface area contributed by atoms with Crippen molar-refractivity contribution in [3.05, 3.63) is 80.9 Å². The van der Waals surface area contributed by atoms with Crippen LogP contribution in [0.5, 0.6) is 0 Å². The van der Waals surface area contributed by atoms with Gasteiger partial charge in [0.2, 0.25) is 5.91 Å². The monoisotopic (exact) mass is 574 g/mol. The first-order chi connectivity index (χ1) is 17.8. The molecule has 0 bridgehead atoms. The predicted molar refractivity (Wildman–Crippen MR) is 133 cm³/mol. The second-order valence-corrected chi connectivity index (χ2v) is 9.29. The van der Waals surface area contributed by atoms with E-state index in [1.165, 1.54) is 17.1 Å². The number of alkyl halides is 3. The SMILES string of the molecule is C=CCOC(=O)CC1S/C(=N\c2cc(-n3c(=O)cc(C(F)(F)F)n(C)c3=O)c(F)cc2Cl)N(CC=C)C1=O. The van der Waals surface area contributed by atoms with E-state index in [1.54, 1.807) is 0 Å². The van der Waals surface area contributed by atoms with Crippen molar-refractivity contribution in [3.8, 4) is 5.69 Å². The third-order valence-corrected chi connectivity index (χ3v) is 6.61. The van der Waals surface area contributed by atoms with Gasteiger partial charge in [-0.25, -0.2) is 18.7 Å². The Labute approximate surface area is 221 Å². The van der Waals surface area contributed by atoms with Crippen LogP contribution in [0.3, 0.4) is 0 Å². The highest BCUT2D eigenvalue weighted by Gasteiger charge is 2.39. The van der Waals surface area contributed by atoms with Crippen molar-refractivity contribution >= 4 is 46.1 Å². The van der Waals surface area contributed by atoms with Crippen molar-refractivity contribution in [2.75, 3.05) is 13.2 Å². The molecule has 2 heterocycles. The summed E-state index contributed by atoms with van der Waals surface area (Å²) < 4.78 is 59.6. The van der Waals surface area contributed by atoms with E-state index in [0.717, 1.165) is 30.9 Å². The van der Waals surface area contributed by atoms with Gasteiger partial charge in [-0.1, -0.05) is 42.1 Å². The molecular formula is C23H19ClF4N4O5S. The van der Waals surface area contributed by atoms with E-state index < -0.39 is 51.8 Å². The van der Waals surface area contributed by atoms with Gasteiger partial charge in [-0.2, -0.15) is 13.2 Å². The Morgan fingerprint density at radius 2 is 1.89 bits per heavy atom. The van der Waals surface area contributed by atoms with Crippen LogP contribution in [0.2, 0.25) is 5.02 Å². The van der Waals surface area contributed by atoms with Gasteiger partial charge in [0.1, 0.15) is 23.4 Å². The third kappa shape index (κ3) is 5.91. The number of hydrogen-bond acceptors (Lipinski definition) is 7. The van der Waals surface area contributed by atoms with Crippen LogP contribution in [0.1, 0.15) is 12.1 Å². The van der Waals surface area contributed by atoms with Crippen LogP contribution in [0.15, 0.2) is 58.1 Å². The lowest BCUT2D eigenvalue weighted by molar-refractivity contribution is -0.144. The summed E-state index contributed by atoms with van der Waals surface area (Å²) in [5.41, 5.74) is -5.31. The minimum Gasteiger partial charge on any atom is -0.461 e. The van der Waals surface area contributed by atoms with Crippen molar-refractivity contribution in [3.63, 3.8) is 0 Å². The number of aromatic nitrogens is 2. The molecule has 1 saturated heterocycles. The number of nitrogens with zero attached hydrogens (tertiary/aromatic N) is 4. The van der Waals surface area contributed by atoms with Gasteiger partial charge in [-0.15, -0.1) is 6.58 Å². The van der Waals surface area contributed by atoms with E-state index in [-0.39, 0.29) is 50.7 Å². The molecule has 1 amide bonds. The maximum atomic E-state index is 14.8. The molecule has 2 aromatic rings. The second kappa shape index (κ2) is 11.4. The zero-order valence-electron chi connectivity index (χ0n) is 19.6. The summed E-state index contributed by atoms with van der Waals surface area (Å²) in [5, 5.41) is -1.14. The number of carbonyl (C=O) groups excluding carboxylic acids is 2. The lowest BCUT2D eigenvalue weighted by Gasteiger charge is -2.16. The molecule has 202 valence electrons. The van der Waals surface area contributed by atoms with E-state index in [4.69, 9.17) is 16.3 Å². The van der Waals surface area contributed by atoms with Gasteiger partial charge < -0.3 is 4.74 Å². The summed E-state index contributed by atoms with van der Waals surface area (Å²) in [6.07, 6.45) is -2.53. The van der Waals surface area contributed by atoms with Gasteiger partial charge in [-0.3, -0.25) is 23.9 Å². The van der Waals surface area contributed by atoms with Crippen LogP contribution in [0.4, 0.5) is 23.2 Å². The molecule has 0 radical (unpaired) electrons. The van der Waals surface area contributed by atoms with Gasteiger partial charge in [0.15, 0.2) is 5.17 Å². The maximum Gasteiger partial charge on any atom is 0.431 e. The number of esters is 1. The fraction of sp³-hybridized carbons (Fsp3) is 0.261. The molecule has 3 rings (SSSR count). The minimum absolute atomic E-state index is 0.00650. The van der Waals surface area contributed by atoms with E-state index in [9.17, 15) is 36.7 Å². The van der Waals surface area contributed by atoms with Gasteiger partial charge in [0.05, 0.1) is 22.8 Å². The summed E-state index contributed by atoms with van der Waals surface area (Å²) in [6.45, 7) is 6.95. The molecule has 1 aromatic carbocycles. The smallest absolute Gasteiger partial charge is 0.431 e. The number of benzene rings is 1. The summed E-state index contributed by atoms with van der Waals surface area (Å²) in [6, 6.07) is 1.78. The fourth-order valence-corrected chi connectivity index (χ4v) is 4.73. The number of ether oxygens (including phenoxy) is 1. The van der Waals surface area contributed by atoms with Crippen molar-refractivity contribution in [2.24, 2.45) is 12.0 Å². The van der Waals surface area contributed by atoms with Gasteiger partial charge in [-0.05, 0) is 12.1 Å². The standard InChI is InChI=1S/C23H19ClF4N4O5S/c1-4-6-31-20(35)16(10-19(34)37-7-5-2)38-21(31)29-14-9-15(13(25)8-12(14)24)32-18(33)11-17(23(26,27)28)30(3)22(32)36/h4-5,8-9,11,16H,1-2,6-7,10H2,3H3/b29-21-. The van der Waals surface area contributed by atoms with Crippen LogP contribution in [-0.4, -0.2) is 49.5 Å². The average Bonchev–Trinajstić information content (AvgIpc) is 3.11. The van der Waals surface area contributed by atoms with Crippen molar-refractivity contribution in [2.45, 2.75) is 17.8 Å². The number of rotatable bonds is 8. The molecule has 1 unspecified atom stereocenters. The molecule has 38 heavy (non-hydrogen) atoms. The first kappa shape index (κ1) is 28.9. The summed E-state index contributed by atoms with van der Waals surface area (Å²) in [7, 11) is 0.782. The molecule has 1 aliphatic heterocycles. The molecule has 0 spiro atoms. The van der Waals surface area contributed by atoms with Gasteiger partial charge >= 0.3 is 17.8 Å². The summed E-state index contributed by atoms with van der Waals surface area (Å²) >= 11 is 7.01. The number of hydrogen-bond donors (Lipinski definition) is 0. The molecule has 0 N–H and O–H groups in total. The molecule has 1 aromatic heterocycles. The van der Waals surface area contributed by atoms with Crippen LogP contribution in [-0.2, 0) is 27.5 Å². The Kier molecular flexibility index (Phi) is 8.67. The van der Waals surface area contributed by atoms with E-state index in [1.807, 2.05) is 0 Å². The molecule has 15 heteroatoms. The van der Waals surface area contributed by atoms with Crippen LogP contribution < -0.4 is 11.2 Å². The molecular weight excluding hydrogens is 556 g/mol. The zero-order valence-corrected chi connectivity index (χ0v) is 21.2. The Balaban J connectivity index is 2.09. The molecule has 1 atom stereocenters. The fourth-order valence-electron chi connectivity index (χ4n) is 3.39. The van der Waals surface area contributed by atoms with Crippen molar-refractivity contribution < 1.29 is 31.9 Å². The quantitative estimate of drug-likeness (QED) is 0.271. The molecule has 1 fully saturated rings. The Morgan fingerprint density at radius 1 is 1.21 bits per heavy atom. The topological polar surface area (TPSA) is 103 Å². The van der Waals surface area contributed by atoms with Crippen LogP contribution in [0.25, 0.3) is 5.69 Å². The van der Waals surface area contributed by atoms with E-state index in [2.05, 4.69) is 18.2 Å². The number of amidine groups is 1. The number of halogens is 5. The number of amides is 1. The highest BCUT2D eigenvalue weighted by Crippen LogP contribution is 2.35. The highest BCUT2D eigenvalue weighted by atomic mass is 35.5. The molecule has 9 nitrogen and oxygen atoms in total. The van der Waals surface area contributed by atoms with Gasteiger partial charge in [0, 0.05) is 19.7 Å². The molecule has 0 aliphatic carbocycles.